The lowest BCUT2D eigenvalue weighted by molar-refractivity contribution is -0.112. The van der Waals surface area contributed by atoms with Crippen molar-refractivity contribution in [1.29, 1.82) is 0 Å². The molecule has 2 nitrogen and oxygen atoms in total. The molecule has 0 aliphatic carbocycles. The number of aryl methyl sites for hydroxylation is 1. The van der Waals surface area contributed by atoms with E-state index in [2.05, 4.69) is 18.5 Å². The topological polar surface area (TPSA) is 29.1 Å². The molecule has 0 spiro atoms. The highest BCUT2D eigenvalue weighted by atomic mass is 16.1. The average Bonchev–Trinajstić information content (AvgIpc) is 2.29. The van der Waals surface area contributed by atoms with E-state index >= 15 is 0 Å². The van der Waals surface area contributed by atoms with Crippen molar-refractivity contribution in [2.45, 2.75) is 6.92 Å². The fourth-order valence-electron chi connectivity index (χ4n) is 1.20. The van der Waals surface area contributed by atoms with E-state index in [1.54, 1.807) is 12.2 Å². The predicted octanol–water partition coefficient (Wildman–Crippen LogP) is 3.23. The summed E-state index contributed by atoms with van der Waals surface area (Å²) in [4.78, 5) is 11.7. The summed E-state index contributed by atoms with van der Waals surface area (Å²) in [6.45, 7) is 9.12. The molecule has 0 heterocycles. The largest absolute Gasteiger partial charge is 0.322 e. The number of benzene rings is 1. The second-order valence-electron chi connectivity index (χ2n) is 3.38. The van der Waals surface area contributed by atoms with Crippen molar-refractivity contribution in [3.05, 3.63) is 66.8 Å². The van der Waals surface area contributed by atoms with E-state index in [-0.39, 0.29) is 5.91 Å². The minimum Gasteiger partial charge on any atom is -0.322 e. The van der Waals surface area contributed by atoms with Crippen molar-refractivity contribution in [3.8, 4) is 0 Å². The summed E-state index contributed by atoms with van der Waals surface area (Å²) in [5.74, 6) is -0.182. The summed E-state index contributed by atoms with van der Waals surface area (Å²) in [7, 11) is 0. The van der Waals surface area contributed by atoms with Crippen LogP contribution in [0.15, 0.2) is 61.2 Å². The van der Waals surface area contributed by atoms with Gasteiger partial charge in [-0.3, -0.25) is 4.79 Å². The monoisotopic (exact) mass is 213 g/mol. The van der Waals surface area contributed by atoms with E-state index in [4.69, 9.17) is 0 Å². The van der Waals surface area contributed by atoms with E-state index in [9.17, 15) is 4.79 Å². The summed E-state index contributed by atoms with van der Waals surface area (Å²) in [5.41, 5.74) is 2.42. The van der Waals surface area contributed by atoms with Crippen molar-refractivity contribution in [3.63, 3.8) is 0 Å². The van der Waals surface area contributed by atoms with Crippen LogP contribution in [0.5, 0.6) is 0 Å². The van der Waals surface area contributed by atoms with Crippen molar-refractivity contribution >= 4 is 11.6 Å². The van der Waals surface area contributed by atoms with Crippen LogP contribution in [0.25, 0.3) is 0 Å². The molecule has 1 aromatic carbocycles. The number of nitrogens with one attached hydrogen (secondary N) is 1. The molecule has 16 heavy (non-hydrogen) atoms. The number of amides is 1. The van der Waals surface area contributed by atoms with Gasteiger partial charge in [0.05, 0.1) is 0 Å². The van der Waals surface area contributed by atoms with Gasteiger partial charge in [-0.1, -0.05) is 49.1 Å². The Labute approximate surface area is 96.0 Å². The molecular formula is C14H15NO. The molecule has 1 aromatic rings. The third-order valence-corrected chi connectivity index (χ3v) is 2.09. The molecule has 0 fully saturated rings. The summed E-state index contributed by atoms with van der Waals surface area (Å²) in [6, 6.07) is 7.62. The van der Waals surface area contributed by atoms with Gasteiger partial charge in [0.15, 0.2) is 0 Å². The number of hydrogen-bond acceptors (Lipinski definition) is 1. The van der Waals surface area contributed by atoms with Crippen LogP contribution in [0.1, 0.15) is 5.56 Å². The zero-order chi connectivity index (χ0) is 12.0. The molecule has 0 aliphatic heterocycles. The van der Waals surface area contributed by atoms with E-state index in [1.165, 1.54) is 6.08 Å². The molecule has 0 bridgehead atoms. The number of allylic oxidation sites excluding steroid dienone is 2. The van der Waals surface area contributed by atoms with Crippen molar-refractivity contribution in [2.24, 2.45) is 0 Å². The van der Waals surface area contributed by atoms with Crippen LogP contribution in [-0.4, -0.2) is 5.91 Å². The highest BCUT2D eigenvalue weighted by Gasteiger charge is 2.04. The van der Waals surface area contributed by atoms with Gasteiger partial charge in [0.2, 0.25) is 0 Å². The molecule has 2 heteroatoms. The maximum Gasteiger partial charge on any atom is 0.255 e. The molecule has 0 aromatic heterocycles. The van der Waals surface area contributed by atoms with Crippen molar-refractivity contribution < 1.29 is 4.79 Å². The van der Waals surface area contributed by atoms with Gasteiger partial charge in [0.25, 0.3) is 5.91 Å². The molecule has 0 aliphatic rings. The van der Waals surface area contributed by atoms with Gasteiger partial charge in [0, 0.05) is 11.3 Å². The average molecular weight is 213 g/mol. The zero-order valence-electron chi connectivity index (χ0n) is 9.36. The quantitative estimate of drug-likeness (QED) is 0.603. The summed E-state index contributed by atoms with van der Waals surface area (Å²) >= 11 is 0. The summed E-state index contributed by atoms with van der Waals surface area (Å²) in [5, 5.41) is 2.78. The number of carbonyl (C=O) groups excluding carboxylic acids is 1. The van der Waals surface area contributed by atoms with Crippen LogP contribution in [0, 0.1) is 6.92 Å². The maximum absolute atomic E-state index is 11.7. The first kappa shape index (κ1) is 12.0. The predicted molar refractivity (Wildman–Crippen MR) is 68.3 cm³/mol. The first-order valence-corrected chi connectivity index (χ1v) is 5.00. The van der Waals surface area contributed by atoms with E-state index in [0.717, 1.165) is 11.3 Å². The number of rotatable bonds is 4. The molecule has 1 rings (SSSR count). The molecule has 82 valence electrons. The second kappa shape index (κ2) is 5.71. The van der Waals surface area contributed by atoms with Gasteiger partial charge < -0.3 is 5.32 Å². The van der Waals surface area contributed by atoms with Crippen LogP contribution in [0.3, 0.4) is 0 Å². The Kier molecular flexibility index (Phi) is 4.28. The molecular weight excluding hydrogens is 198 g/mol. The van der Waals surface area contributed by atoms with Gasteiger partial charge in [-0.15, -0.1) is 0 Å². The Morgan fingerprint density at radius 2 is 1.88 bits per heavy atom. The van der Waals surface area contributed by atoms with Gasteiger partial charge >= 0.3 is 0 Å². The Morgan fingerprint density at radius 3 is 2.38 bits per heavy atom. The molecule has 1 N–H and O–H groups in total. The number of hydrogen-bond donors (Lipinski definition) is 1. The fourth-order valence-corrected chi connectivity index (χ4v) is 1.20. The van der Waals surface area contributed by atoms with Crippen LogP contribution >= 0.6 is 0 Å². The maximum atomic E-state index is 11.7. The summed E-state index contributed by atoms with van der Waals surface area (Å²) in [6.07, 6.45) is 4.69. The standard InChI is InChI=1S/C14H15NO/c1-4-6-12(5-2)14(16)15-13-9-7-11(3)8-10-13/h4-10H,1-2H2,3H3,(H,15,16)/b12-6+. The Morgan fingerprint density at radius 1 is 1.25 bits per heavy atom. The Balaban J connectivity index is 2.78. The minimum atomic E-state index is -0.182. The molecule has 0 radical (unpaired) electrons. The molecule has 1 amide bonds. The second-order valence-corrected chi connectivity index (χ2v) is 3.38. The molecule has 0 saturated carbocycles. The third kappa shape index (κ3) is 3.24. The Bertz CT molecular complexity index is 427. The highest BCUT2D eigenvalue weighted by Crippen LogP contribution is 2.10. The smallest absolute Gasteiger partial charge is 0.255 e. The number of carbonyl (C=O) groups is 1. The van der Waals surface area contributed by atoms with E-state index < -0.39 is 0 Å². The lowest BCUT2D eigenvalue weighted by Crippen LogP contribution is -2.12. The fraction of sp³-hybridized carbons (Fsp3) is 0.0714. The SMILES string of the molecule is C=C/C=C(\C=C)C(=O)Nc1ccc(C)cc1. The lowest BCUT2D eigenvalue weighted by Gasteiger charge is -2.05. The lowest BCUT2D eigenvalue weighted by atomic mass is 10.2. The highest BCUT2D eigenvalue weighted by molar-refractivity contribution is 6.05. The van der Waals surface area contributed by atoms with Gasteiger partial charge in [-0.2, -0.15) is 0 Å². The van der Waals surface area contributed by atoms with E-state index in [1.807, 2.05) is 31.2 Å². The minimum absolute atomic E-state index is 0.182. The summed E-state index contributed by atoms with van der Waals surface area (Å²) < 4.78 is 0. The van der Waals surface area contributed by atoms with Gasteiger partial charge in [-0.25, -0.2) is 0 Å². The van der Waals surface area contributed by atoms with Crippen LogP contribution in [0.4, 0.5) is 5.69 Å². The first-order valence-electron chi connectivity index (χ1n) is 5.00. The van der Waals surface area contributed by atoms with Crippen LogP contribution in [-0.2, 0) is 4.79 Å². The van der Waals surface area contributed by atoms with Crippen molar-refractivity contribution in [2.75, 3.05) is 5.32 Å². The van der Waals surface area contributed by atoms with Crippen LogP contribution < -0.4 is 5.32 Å². The van der Waals surface area contributed by atoms with E-state index in [0.29, 0.717) is 5.57 Å². The normalized spacial score (nSPS) is 10.7. The molecule has 0 unspecified atom stereocenters. The third-order valence-electron chi connectivity index (χ3n) is 2.09. The van der Waals surface area contributed by atoms with Gasteiger partial charge in [0.1, 0.15) is 0 Å². The number of anilines is 1. The zero-order valence-corrected chi connectivity index (χ0v) is 9.36. The molecule has 0 atom stereocenters. The van der Waals surface area contributed by atoms with Crippen molar-refractivity contribution in [1.82, 2.24) is 0 Å². The van der Waals surface area contributed by atoms with Gasteiger partial charge in [-0.05, 0) is 19.1 Å². The Hall–Kier alpha value is -2.09. The first-order chi connectivity index (χ1) is 7.67. The van der Waals surface area contributed by atoms with Crippen LogP contribution in [0.2, 0.25) is 0 Å². The molecule has 0 saturated heterocycles.